The average molecular weight is 337 g/mol. The third-order valence-electron chi connectivity index (χ3n) is 4.32. The molecule has 0 aliphatic heterocycles. The maximum absolute atomic E-state index is 7.39. The molecule has 0 unspecified atom stereocenters. The Kier molecular flexibility index (Phi) is 4.70. The second kappa shape index (κ2) is 6.73. The fourth-order valence-electron chi connectivity index (χ4n) is 2.93. The number of benzene rings is 3. The summed E-state index contributed by atoms with van der Waals surface area (Å²) in [4.78, 5) is 0. The van der Waals surface area contributed by atoms with Crippen molar-refractivity contribution in [2.75, 3.05) is 0 Å². The summed E-state index contributed by atoms with van der Waals surface area (Å²) in [6.45, 7) is 4.43. The van der Waals surface area contributed by atoms with Crippen molar-refractivity contribution in [2.45, 2.75) is 19.8 Å². The largest absolute Gasteiger partial charge is 0.247 e. The molecule has 0 fully saturated rings. The van der Waals surface area contributed by atoms with Gasteiger partial charge in [0, 0.05) is 0 Å². The highest BCUT2D eigenvalue weighted by Crippen LogP contribution is 2.16. The van der Waals surface area contributed by atoms with Gasteiger partial charge in [-0.05, 0) is 27.0 Å². The van der Waals surface area contributed by atoms with Crippen molar-refractivity contribution in [2.24, 2.45) is 0 Å². The van der Waals surface area contributed by atoms with Gasteiger partial charge in [0.05, 0.1) is 0 Å². The standard InChI is InChI=1S/C21H21ClSi/c1-17(2)18-13-15-21(16-14-18)23(22,19-9-5-3-6-10-19)20-11-7-4-8-12-20/h3-17H,1-2H3. The second-order valence-electron chi connectivity index (χ2n) is 6.17. The molecule has 0 nitrogen and oxygen atoms in total. The van der Waals surface area contributed by atoms with Crippen molar-refractivity contribution in [1.29, 1.82) is 0 Å². The fourth-order valence-corrected chi connectivity index (χ4v) is 7.00. The molecule has 0 saturated carbocycles. The Morgan fingerprint density at radius 2 is 1.00 bits per heavy atom. The van der Waals surface area contributed by atoms with Crippen LogP contribution in [-0.4, -0.2) is 7.38 Å². The van der Waals surface area contributed by atoms with Crippen LogP contribution in [0.15, 0.2) is 84.9 Å². The predicted octanol–water partition coefficient (Wildman–Crippen LogP) is 4.02. The molecule has 0 N–H and O–H groups in total. The molecule has 0 saturated heterocycles. The second-order valence-corrected chi connectivity index (χ2v) is 10.9. The van der Waals surface area contributed by atoms with Crippen LogP contribution in [0.3, 0.4) is 0 Å². The zero-order valence-electron chi connectivity index (χ0n) is 13.5. The third-order valence-corrected chi connectivity index (χ3v) is 9.67. The minimum absolute atomic E-state index is 0.531. The molecule has 0 radical (unpaired) electrons. The van der Waals surface area contributed by atoms with Gasteiger partial charge in [0.1, 0.15) is 0 Å². The van der Waals surface area contributed by atoms with Crippen LogP contribution in [0.2, 0.25) is 0 Å². The minimum atomic E-state index is -2.46. The van der Waals surface area contributed by atoms with Gasteiger partial charge in [0.2, 0.25) is 7.38 Å². The van der Waals surface area contributed by atoms with E-state index in [1.807, 2.05) is 12.1 Å². The number of rotatable bonds is 4. The van der Waals surface area contributed by atoms with Crippen molar-refractivity contribution in [3.63, 3.8) is 0 Å². The van der Waals surface area contributed by atoms with Gasteiger partial charge in [-0.25, -0.2) is 0 Å². The van der Waals surface area contributed by atoms with Gasteiger partial charge in [0.15, 0.2) is 0 Å². The molecule has 23 heavy (non-hydrogen) atoms. The van der Waals surface area contributed by atoms with E-state index in [0.29, 0.717) is 5.92 Å². The first kappa shape index (κ1) is 16.0. The van der Waals surface area contributed by atoms with Crippen LogP contribution in [0, 0.1) is 0 Å². The van der Waals surface area contributed by atoms with E-state index in [-0.39, 0.29) is 0 Å². The molecule has 0 amide bonds. The lowest BCUT2D eigenvalue weighted by molar-refractivity contribution is 0.867. The highest BCUT2D eigenvalue weighted by atomic mass is 35.6. The molecule has 0 heterocycles. The number of hydrogen-bond donors (Lipinski definition) is 0. The van der Waals surface area contributed by atoms with E-state index < -0.39 is 7.38 Å². The normalized spacial score (nSPS) is 11.7. The third kappa shape index (κ3) is 3.12. The summed E-state index contributed by atoms with van der Waals surface area (Å²) in [5.74, 6) is 0.531. The van der Waals surface area contributed by atoms with Crippen LogP contribution in [0.4, 0.5) is 0 Å². The van der Waals surface area contributed by atoms with E-state index >= 15 is 0 Å². The maximum Gasteiger partial charge on any atom is 0.247 e. The maximum atomic E-state index is 7.39. The fraction of sp³-hybridized carbons (Fsp3) is 0.143. The van der Waals surface area contributed by atoms with Gasteiger partial charge in [-0.3, -0.25) is 0 Å². The minimum Gasteiger partial charge on any atom is -0.149 e. The lowest BCUT2D eigenvalue weighted by Gasteiger charge is -2.26. The van der Waals surface area contributed by atoms with Crippen LogP contribution in [0.5, 0.6) is 0 Å². The van der Waals surface area contributed by atoms with Crippen LogP contribution in [0.1, 0.15) is 25.3 Å². The molecule has 0 aromatic heterocycles. The molecule has 116 valence electrons. The van der Waals surface area contributed by atoms with Gasteiger partial charge in [-0.2, -0.15) is 0 Å². The van der Waals surface area contributed by atoms with Gasteiger partial charge in [0.25, 0.3) is 0 Å². The van der Waals surface area contributed by atoms with Gasteiger partial charge in [-0.15, -0.1) is 11.1 Å². The van der Waals surface area contributed by atoms with E-state index in [1.165, 1.54) is 21.1 Å². The summed E-state index contributed by atoms with van der Waals surface area (Å²) in [6.07, 6.45) is 0. The Bertz CT molecular complexity index is 709. The summed E-state index contributed by atoms with van der Waals surface area (Å²) in [5, 5.41) is 3.69. The Morgan fingerprint density at radius 1 is 0.609 bits per heavy atom. The Labute approximate surface area is 144 Å². The van der Waals surface area contributed by atoms with Gasteiger partial charge < -0.3 is 0 Å². The topological polar surface area (TPSA) is 0 Å². The monoisotopic (exact) mass is 336 g/mol. The molecule has 0 aliphatic carbocycles. The zero-order chi connectivity index (χ0) is 16.3. The summed E-state index contributed by atoms with van der Waals surface area (Å²) in [6, 6.07) is 29.9. The quantitative estimate of drug-likeness (QED) is 0.383. The van der Waals surface area contributed by atoms with E-state index in [1.54, 1.807) is 0 Å². The van der Waals surface area contributed by atoms with Gasteiger partial charge >= 0.3 is 0 Å². The first-order valence-electron chi connectivity index (χ1n) is 8.03. The highest BCUT2D eigenvalue weighted by Gasteiger charge is 2.37. The summed E-state index contributed by atoms with van der Waals surface area (Å²) >= 11 is 7.39. The molecule has 3 aromatic carbocycles. The average Bonchev–Trinajstić information content (AvgIpc) is 2.62. The Hall–Kier alpha value is -1.83. The lowest BCUT2D eigenvalue weighted by Crippen LogP contribution is -2.62. The van der Waals surface area contributed by atoms with Crippen molar-refractivity contribution in [3.05, 3.63) is 90.5 Å². The Balaban J connectivity index is 2.16. The summed E-state index contributed by atoms with van der Waals surface area (Å²) < 4.78 is 0. The highest BCUT2D eigenvalue weighted by molar-refractivity contribution is 7.40. The predicted molar refractivity (Wildman–Crippen MR) is 104 cm³/mol. The molecular weight excluding hydrogens is 316 g/mol. The van der Waals surface area contributed by atoms with E-state index in [4.69, 9.17) is 11.1 Å². The van der Waals surface area contributed by atoms with E-state index in [0.717, 1.165) is 0 Å². The summed E-state index contributed by atoms with van der Waals surface area (Å²) in [7, 11) is -2.46. The first-order chi connectivity index (χ1) is 11.1. The van der Waals surface area contributed by atoms with E-state index in [2.05, 4.69) is 86.6 Å². The molecule has 3 rings (SSSR count). The Morgan fingerprint density at radius 3 is 1.39 bits per heavy atom. The first-order valence-corrected chi connectivity index (χ1v) is 11.0. The molecule has 0 atom stereocenters. The molecular formula is C21H21ClSi. The zero-order valence-corrected chi connectivity index (χ0v) is 15.3. The van der Waals surface area contributed by atoms with Crippen molar-refractivity contribution < 1.29 is 0 Å². The smallest absolute Gasteiger partial charge is 0.149 e. The lowest BCUT2D eigenvalue weighted by atomic mass is 10.0. The van der Waals surface area contributed by atoms with Crippen LogP contribution in [0.25, 0.3) is 0 Å². The van der Waals surface area contributed by atoms with Gasteiger partial charge in [-0.1, -0.05) is 98.8 Å². The molecule has 0 spiro atoms. The molecule has 0 bridgehead atoms. The van der Waals surface area contributed by atoms with Crippen molar-refractivity contribution in [1.82, 2.24) is 0 Å². The van der Waals surface area contributed by atoms with Crippen molar-refractivity contribution in [3.8, 4) is 0 Å². The van der Waals surface area contributed by atoms with E-state index in [9.17, 15) is 0 Å². The summed E-state index contributed by atoms with van der Waals surface area (Å²) in [5.41, 5.74) is 1.35. The van der Waals surface area contributed by atoms with Crippen LogP contribution < -0.4 is 15.6 Å². The molecule has 2 heteroatoms. The van der Waals surface area contributed by atoms with Crippen LogP contribution >= 0.6 is 11.1 Å². The molecule has 0 aliphatic rings. The number of hydrogen-bond acceptors (Lipinski definition) is 0. The molecule has 3 aromatic rings. The SMILES string of the molecule is CC(C)c1ccc([Si](Cl)(c2ccccc2)c2ccccc2)cc1. The number of halogens is 1. The van der Waals surface area contributed by atoms with Crippen molar-refractivity contribution >= 4 is 34.0 Å². The van der Waals surface area contributed by atoms with Crippen LogP contribution in [-0.2, 0) is 0 Å².